The van der Waals surface area contributed by atoms with Crippen molar-refractivity contribution in [3.05, 3.63) is 71.3 Å². The number of aromatic nitrogens is 2. The molecule has 0 bridgehead atoms. The molecular weight excluding hydrogens is 552 g/mol. The normalized spacial score (nSPS) is 18.9. The molecular formula is C30H30F4N6O2. The zero-order valence-corrected chi connectivity index (χ0v) is 23.2. The monoisotopic (exact) mass is 582 g/mol. The number of hydrogen-bond acceptors (Lipinski definition) is 7. The highest BCUT2D eigenvalue weighted by Crippen LogP contribution is 2.40. The highest BCUT2D eigenvalue weighted by atomic mass is 19.4. The zero-order chi connectivity index (χ0) is 30.1. The largest absolute Gasteiger partial charge is 0.481 e. The molecule has 2 aliphatic heterocycles. The van der Waals surface area contributed by atoms with Gasteiger partial charge >= 0.3 is 6.18 Å². The Labute approximate surface area is 240 Å². The number of likely N-dealkylation sites (tertiary alicyclic amines) is 1. The molecule has 1 aromatic carbocycles. The Bertz CT molecular complexity index is 1500. The molecule has 0 radical (unpaired) electrons. The second-order valence-corrected chi connectivity index (χ2v) is 10.8. The van der Waals surface area contributed by atoms with Gasteiger partial charge in [0.05, 0.1) is 46.8 Å². The number of likely N-dealkylation sites (N-methyl/N-ethyl adjacent to an activating group) is 1. The highest BCUT2D eigenvalue weighted by Gasteiger charge is 2.44. The van der Waals surface area contributed by atoms with Crippen molar-refractivity contribution in [1.29, 1.82) is 5.26 Å². The molecule has 2 fully saturated rings. The van der Waals surface area contributed by atoms with Gasteiger partial charge < -0.3 is 19.9 Å². The lowest BCUT2D eigenvalue weighted by molar-refractivity contribution is -0.137. The van der Waals surface area contributed by atoms with E-state index >= 15 is 0 Å². The summed E-state index contributed by atoms with van der Waals surface area (Å²) in [4.78, 5) is 26.5. The van der Waals surface area contributed by atoms with Crippen LogP contribution in [0.1, 0.15) is 36.0 Å². The van der Waals surface area contributed by atoms with Crippen LogP contribution in [0.25, 0.3) is 11.3 Å². The molecule has 42 heavy (non-hydrogen) atoms. The van der Waals surface area contributed by atoms with Crippen LogP contribution in [0, 0.1) is 17.1 Å². The smallest absolute Gasteiger partial charge is 0.416 e. The summed E-state index contributed by atoms with van der Waals surface area (Å²) in [5.41, 5.74) is -0.0475. The van der Waals surface area contributed by atoms with Gasteiger partial charge in [0.25, 0.3) is 0 Å². The Morgan fingerprint density at radius 2 is 1.88 bits per heavy atom. The summed E-state index contributed by atoms with van der Waals surface area (Å²) in [5.74, 6) is -0.469. The number of rotatable bonds is 6. The first-order chi connectivity index (χ1) is 20.0. The van der Waals surface area contributed by atoms with Crippen LogP contribution in [0.3, 0.4) is 0 Å². The van der Waals surface area contributed by atoms with E-state index in [2.05, 4.69) is 20.2 Å². The number of ether oxygens (including phenoxy) is 1. The van der Waals surface area contributed by atoms with Crippen molar-refractivity contribution in [3.8, 4) is 23.2 Å². The van der Waals surface area contributed by atoms with E-state index < -0.39 is 23.0 Å². The molecule has 1 N–H and O–H groups in total. The SMILES string of the molecule is COc1ncc(F)cc1-c1ccc(C2(C(=O)N[C@H]3CCN(C)C3)CCN(c3ccc(C(F)(F)F)cc3C#N)CC2)cn1. The molecule has 2 aliphatic rings. The summed E-state index contributed by atoms with van der Waals surface area (Å²) in [6.07, 6.45) is -0.380. The summed E-state index contributed by atoms with van der Waals surface area (Å²) in [5, 5.41) is 12.8. The first-order valence-corrected chi connectivity index (χ1v) is 13.6. The molecule has 220 valence electrons. The maximum atomic E-state index is 14.0. The quantitative estimate of drug-likeness (QED) is 0.427. The predicted molar refractivity (Wildman–Crippen MR) is 147 cm³/mol. The third-order valence-electron chi connectivity index (χ3n) is 8.17. The number of piperidine rings is 1. The molecule has 5 rings (SSSR count). The summed E-state index contributed by atoms with van der Waals surface area (Å²) < 4.78 is 58.9. The first-order valence-electron chi connectivity index (χ1n) is 13.6. The second kappa shape index (κ2) is 11.6. The van der Waals surface area contributed by atoms with E-state index in [1.807, 2.05) is 18.0 Å². The Kier molecular flexibility index (Phi) is 8.06. The van der Waals surface area contributed by atoms with E-state index in [9.17, 15) is 27.6 Å². The first kappa shape index (κ1) is 29.3. The number of nitrogens with one attached hydrogen (secondary N) is 1. The lowest BCUT2D eigenvalue weighted by Crippen LogP contribution is -2.54. The Morgan fingerprint density at radius 3 is 2.48 bits per heavy atom. The van der Waals surface area contributed by atoms with Gasteiger partial charge in [0.15, 0.2) is 0 Å². The minimum atomic E-state index is -4.56. The van der Waals surface area contributed by atoms with Crippen molar-refractivity contribution in [1.82, 2.24) is 20.2 Å². The van der Waals surface area contributed by atoms with Crippen molar-refractivity contribution >= 4 is 11.6 Å². The standard InChI is InChI=1S/C30H30F4N6O2/c1-39-10-7-23(18-39)38-28(41)29(21-3-5-25(36-16-21)24-14-22(31)17-37-27(24)42-2)8-11-40(12-9-29)26-6-4-20(30(32,33)34)13-19(26)15-35/h3-6,13-14,16-17,23H,7-12,18H2,1-2H3,(H,38,41)/t23-/m0/s1. The molecule has 0 aliphatic carbocycles. The van der Waals surface area contributed by atoms with Crippen LogP contribution >= 0.6 is 0 Å². The lowest BCUT2D eigenvalue weighted by Gasteiger charge is -2.42. The minimum Gasteiger partial charge on any atom is -0.481 e. The third kappa shape index (κ3) is 5.74. The van der Waals surface area contributed by atoms with E-state index in [1.165, 1.54) is 19.2 Å². The number of halogens is 4. The Morgan fingerprint density at radius 1 is 1.12 bits per heavy atom. The van der Waals surface area contributed by atoms with Crippen LogP contribution in [-0.4, -0.2) is 67.2 Å². The molecule has 4 heterocycles. The summed E-state index contributed by atoms with van der Waals surface area (Å²) in [6, 6.07) is 9.80. The Hall–Kier alpha value is -4.24. The van der Waals surface area contributed by atoms with Gasteiger partial charge in [0.1, 0.15) is 11.9 Å². The van der Waals surface area contributed by atoms with Crippen molar-refractivity contribution < 1.29 is 27.1 Å². The van der Waals surface area contributed by atoms with Crippen molar-refractivity contribution in [2.45, 2.75) is 36.9 Å². The number of nitrogens with zero attached hydrogens (tertiary/aromatic N) is 5. The number of alkyl halides is 3. The summed E-state index contributed by atoms with van der Waals surface area (Å²) >= 11 is 0. The van der Waals surface area contributed by atoms with E-state index in [1.54, 1.807) is 18.3 Å². The molecule has 0 saturated carbocycles. The average Bonchev–Trinajstić information content (AvgIpc) is 3.40. The second-order valence-electron chi connectivity index (χ2n) is 10.8. The van der Waals surface area contributed by atoms with Gasteiger partial charge in [-0.15, -0.1) is 0 Å². The molecule has 2 aromatic heterocycles. The molecule has 0 spiro atoms. The zero-order valence-electron chi connectivity index (χ0n) is 23.2. The average molecular weight is 583 g/mol. The fourth-order valence-corrected chi connectivity index (χ4v) is 5.84. The predicted octanol–water partition coefficient (Wildman–Crippen LogP) is 4.54. The van der Waals surface area contributed by atoms with Crippen LogP contribution in [0.4, 0.5) is 23.2 Å². The van der Waals surface area contributed by atoms with Gasteiger partial charge in [-0.2, -0.15) is 18.4 Å². The number of methoxy groups -OCH3 is 1. The van der Waals surface area contributed by atoms with Crippen LogP contribution in [0.2, 0.25) is 0 Å². The summed E-state index contributed by atoms with van der Waals surface area (Å²) in [7, 11) is 3.43. The number of benzene rings is 1. The minimum absolute atomic E-state index is 0.00706. The highest BCUT2D eigenvalue weighted by molar-refractivity contribution is 5.89. The van der Waals surface area contributed by atoms with E-state index in [0.29, 0.717) is 48.4 Å². The maximum absolute atomic E-state index is 14.0. The third-order valence-corrected chi connectivity index (χ3v) is 8.17. The molecule has 12 heteroatoms. The number of pyridine rings is 2. The van der Waals surface area contributed by atoms with E-state index in [-0.39, 0.29) is 23.4 Å². The van der Waals surface area contributed by atoms with Gasteiger partial charge in [-0.1, -0.05) is 6.07 Å². The van der Waals surface area contributed by atoms with Crippen LogP contribution in [-0.2, 0) is 16.4 Å². The van der Waals surface area contributed by atoms with Crippen LogP contribution in [0.15, 0.2) is 48.8 Å². The van der Waals surface area contributed by atoms with Crippen molar-refractivity contribution in [3.63, 3.8) is 0 Å². The number of carbonyl (C=O) groups is 1. The number of hydrogen-bond donors (Lipinski definition) is 1. The fraction of sp³-hybridized carbons (Fsp3) is 0.400. The number of anilines is 1. The molecule has 1 atom stereocenters. The molecule has 8 nitrogen and oxygen atoms in total. The molecule has 3 aromatic rings. The van der Waals surface area contributed by atoms with Gasteiger partial charge in [0.2, 0.25) is 11.8 Å². The molecule has 0 unspecified atom stereocenters. The van der Waals surface area contributed by atoms with Gasteiger partial charge in [-0.25, -0.2) is 9.37 Å². The molecule has 2 saturated heterocycles. The van der Waals surface area contributed by atoms with Crippen molar-refractivity contribution in [2.24, 2.45) is 0 Å². The molecule has 1 amide bonds. The van der Waals surface area contributed by atoms with Crippen LogP contribution in [0.5, 0.6) is 5.88 Å². The maximum Gasteiger partial charge on any atom is 0.416 e. The van der Waals surface area contributed by atoms with E-state index in [0.717, 1.165) is 37.8 Å². The van der Waals surface area contributed by atoms with Crippen molar-refractivity contribution in [2.75, 3.05) is 45.2 Å². The van der Waals surface area contributed by atoms with E-state index in [4.69, 9.17) is 4.74 Å². The topological polar surface area (TPSA) is 94.4 Å². The number of carbonyl (C=O) groups excluding carboxylic acids is 1. The Balaban J connectivity index is 1.45. The number of nitriles is 1. The van der Waals surface area contributed by atoms with Gasteiger partial charge in [0, 0.05) is 31.9 Å². The fourth-order valence-electron chi connectivity index (χ4n) is 5.84. The number of amides is 1. The lowest BCUT2D eigenvalue weighted by atomic mass is 9.72. The summed E-state index contributed by atoms with van der Waals surface area (Å²) in [6.45, 7) is 2.27. The van der Waals surface area contributed by atoms with Gasteiger partial charge in [-0.3, -0.25) is 9.78 Å². The van der Waals surface area contributed by atoms with Gasteiger partial charge in [-0.05, 0) is 68.8 Å². The van der Waals surface area contributed by atoms with Crippen LogP contribution < -0.4 is 15.0 Å².